The fourth-order valence-electron chi connectivity index (χ4n) is 2.25. The second-order valence-corrected chi connectivity index (χ2v) is 4.52. The molecule has 0 radical (unpaired) electrons. The molecule has 1 aromatic heterocycles. The van der Waals surface area contributed by atoms with Crippen molar-refractivity contribution in [3.05, 3.63) is 25.0 Å². The van der Waals surface area contributed by atoms with E-state index in [1.807, 2.05) is 18.5 Å². The van der Waals surface area contributed by atoms with Gasteiger partial charge in [0.15, 0.2) is 0 Å². The number of hydrogen-bond donors (Lipinski definition) is 1. The Kier molecular flexibility index (Phi) is 4.62. The van der Waals surface area contributed by atoms with Gasteiger partial charge in [0.25, 0.3) is 0 Å². The first kappa shape index (κ1) is 12.2. The highest BCUT2D eigenvalue weighted by Gasteiger charge is 2.10. The normalized spacial score (nSPS) is 16.9. The fourth-order valence-corrected chi connectivity index (χ4v) is 2.25. The number of imidazole rings is 1. The van der Waals surface area contributed by atoms with Gasteiger partial charge < -0.3 is 14.8 Å². The van der Waals surface area contributed by atoms with Crippen molar-refractivity contribution in [1.82, 2.24) is 14.5 Å². The third kappa shape index (κ3) is 3.60. The van der Waals surface area contributed by atoms with Crippen LogP contribution in [0.15, 0.2) is 25.0 Å². The number of nitrogens with zero attached hydrogens (tertiary/aromatic N) is 3. The summed E-state index contributed by atoms with van der Waals surface area (Å²) in [7, 11) is 0. The Morgan fingerprint density at radius 3 is 2.88 bits per heavy atom. The van der Waals surface area contributed by atoms with Crippen LogP contribution in [0.3, 0.4) is 0 Å². The molecule has 94 valence electrons. The molecule has 1 fully saturated rings. The Balaban J connectivity index is 1.81. The molecular weight excluding hydrogens is 212 g/mol. The number of nitrogens with one attached hydrogen (secondary N) is 1. The van der Waals surface area contributed by atoms with E-state index in [1.165, 1.54) is 32.4 Å². The molecule has 2 heterocycles. The van der Waals surface area contributed by atoms with Gasteiger partial charge >= 0.3 is 0 Å². The van der Waals surface area contributed by atoms with E-state index in [1.54, 1.807) is 0 Å². The molecule has 4 nitrogen and oxygen atoms in total. The van der Waals surface area contributed by atoms with Crippen molar-refractivity contribution in [1.29, 1.82) is 0 Å². The topological polar surface area (TPSA) is 33.1 Å². The predicted octanol–water partition coefficient (Wildman–Crippen LogP) is 1.97. The largest absolute Gasteiger partial charge is 0.352 e. The molecule has 1 aromatic rings. The quantitative estimate of drug-likeness (QED) is 0.764. The van der Waals surface area contributed by atoms with E-state index in [-0.39, 0.29) is 0 Å². The Labute approximate surface area is 103 Å². The molecule has 17 heavy (non-hydrogen) atoms. The average Bonchev–Trinajstić information content (AvgIpc) is 2.82. The summed E-state index contributed by atoms with van der Waals surface area (Å²) >= 11 is 0. The molecule has 1 N–H and O–H groups in total. The summed E-state index contributed by atoms with van der Waals surface area (Å²) in [6, 6.07) is 0. The maximum absolute atomic E-state index is 4.30. The number of anilines is 1. The van der Waals surface area contributed by atoms with Gasteiger partial charge in [-0.05, 0) is 25.9 Å². The lowest BCUT2D eigenvalue weighted by Gasteiger charge is -2.26. The summed E-state index contributed by atoms with van der Waals surface area (Å²) in [5.41, 5.74) is 0. The average molecular weight is 234 g/mol. The highest BCUT2D eigenvalue weighted by molar-refractivity contribution is 5.26. The van der Waals surface area contributed by atoms with Crippen LogP contribution in [0.1, 0.15) is 19.3 Å². The van der Waals surface area contributed by atoms with Crippen molar-refractivity contribution in [3.63, 3.8) is 0 Å². The van der Waals surface area contributed by atoms with Gasteiger partial charge in [0.05, 0.1) is 0 Å². The van der Waals surface area contributed by atoms with Gasteiger partial charge in [-0.2, -0.15) is 0 Å². The zero-order valence-electron chi connectivity index (χ0n) is 10.4. The van der Waals surface area contributed by atoms with E-state index < -0.39 is 0 Å². The molecule has 4 heteroatoms. The monoisotopic (exact) mass is 234 g/mol. The number of likely N-dealkylation sites (tertiary alicyclic amines) is 1. The van der Waals surface area contributed by atoms with Crippen LogP contribution >= 0.6 is 0 Å². The van der Waals surface area contributed by atoms with Gasteiger partial charge in [-0.3, -0.25) is 0 Å². The number of hydrogen-bond acceptors (Lipinski definition) is 3. The lowest BCUT2D eigenvalue weighted by atomic mass is 10.1. The van der Waals surface area contributed by atoms with Crippen LogP contribution in [0.25, 0.3) is 0 Å². The summed E-state index contributed by atoms with van der Waals surface area (Å²) in [5, 5.41) is 3.25. The smallest absolute Gasteiger partial charge is 0.203 e. The van der Waals surface area contributed by atoms with Gasteiger partial charge in [0.1, 0.15) is 0 Å². The maximum atomic E-state index is 4.30. The maximum Gasteiger partial charge on any atom is 0.203 e. The molecule has 0 aliphatic carbocycles. The van der Waals surface area contributed by atoms with E-state index >= 15 is 0 Å². The minimum absolute atomic E-state index is 0.765. The Hall–Kier alpha value is -1.29. The summed E-state index contributed by atoms with van der Waals surface area (Å²) in [6.07, 6.45) is 9.84. The summed E-state index contributed by atoms with van der Waals surface area (Å²) in [5.74, 6) is 0.946. The van der Waals surface area contributed by atoms with Gasteiger partial charge in [-0.15, -0.1) is 6.58 Å². The van der Waals surface area contributed by atoms with Gasteiger partial charge in [0, 0.05) is 32.0 Å². The molecule has 1 saturated heterocycles. The predicted molar refractivity (Wildman–Crippen MR) is 71.2 cm³/mol. The lowest BCUT2D eigenvalue weighted by Crippen LogP contribution is -2.32. The van der Waals surface area contributed by atoms with Gasteiger partial charge in [-0.1, -0.05) is 12.5 Å². The van der Waals surface area contributed by atoms with Crippen LogP contribution in [0.5, 0.6) is 0 Å². The first-order valence-corrected chi connectivity index (χ1v) is 6.48. The molecule has 0 spiro atoms. The standard InChI is InChI=1S/C13H22N4/c1-2-6-14-13-15-7-10-17(13)12-11-16-8-4-3-5-9-16/h2,7,10H,1,3-6,8-9,11-12H2,(H,14,15). The van der Waals surface area contributed by atoms with Crippen LogP contribution in [0, 0.1) is 0 Å². The van der Waals surface area contributed by atoms with Crippen LogP contribution in [0.4, 0.5) is 5.95 Å². The fraction of sp³-hybridized carbons (Fsp3) is 0.615. The zero-order valence-corrected chi connectivity index (χ0v) is 10.4. The van der Waals surface area contributed by atoms with E-state index in [9.17, 15) is 0 Å². The van der Waals surface area contributed by atoms with E-state index in [2.05, 4.69) is 26.3 Å². The van der Waals surface area contributed by atoms with Crippen molar-refractivity contribution in [3.8, 4) is 0 Å². The minimum atomic E-state index is 0.765. The molecule has 1 aliphatic rings. The number of aromatic nitrogens is 2. The van der Waals surface area contributed by atoms with Crippen LogP contribution in [-0.2, 0) is 6.54 Å². The Morgan fingerprint density at radius 1 is 1.29 bits per heavy atom. The Morgan fingerprint density at radius 2 is 2.12 bits per heavy atom. The SMILES string of the molecule is C=CCNc1nccn1CCN1CCCCC1. The molecular formula is C13H22N4. The van der Waals surface area contributed by atoms with Crippen molar-refractivity contribution >= 4 is 5.95 Å². The molecule has 0 saturated carbocycles. The van der Waals surface area contributed by atoms with E-state index in [4.69, 9.17) is 0 Å². The first-order chi connectivity index (χ1) is 8.40. The Bertz CT molecular complexity index is 339. The van der Waals surface area contributed by atoms with Crippen LogP contribution in [0.2, 0.25) is 0 Å². The number of rotatable bonds is 6. The summed E-state index contributed by atoms with van der Waals surface area (Å²) in [6.45, 7) is 9.11. The highest BCUT2D eigenvalue weighted by atomic mass is 15.2. The second kappa shape index (κ2) is 6.45. The second-order valence-electron chi connectivity index (χ2n) is 4.52. The molecule has 0 unspecified atom stereocenters. The molecule has 0 atom stereocenters. The van der Waals surface area contributed by atoms with Crippen LogP contribution in [-0.4, -0.2) is 40.6 Å². The van der Waals surface area contributed by atoms with Crippen molar-refractivity contribution in [2.75, 3.05) is 31.5 Å². The molecule has 2 rings (SSSR count). The molecule has 1 aliphatic heterocycles. The van der Waals surface area contributed by atoms with E-state index in [0.717, 1.165) is 25.6 Å². The van der Waals surface area contributed by atoms with E-state index in [0.29, 0.717) is 0 Å². The first-order valence-electron chi connectivity index (χ1n) is 6.48. The lowest BCUT2D eigenvalue weighted by molar-refractivity contribution is 0.221. The van der Waals surface area contributed by atoms with Gasteiger partial charge in [0.2, 0.25) is 5.95 Å². The molecule has 0 bridgehead atoms. The third-order valence-electron chi connectivity index (χ3n) is 3.23. The van der Waals surface area contributed by atoms with Crippen molar-refractivity contribution in [2.24, 2.45) is 0 Å². The third-order valence-corrected chi connectivity index (χ3v) is 3.23. The van der Waals surface area contributed by atoms with Crippen LogP contribution < -0.4 is 5.32 Å². The van der Waals surface area contributed by atoms with Crippen molar-refractivity contribution in [2.45, 2.75) is 25.8 Å². The minimum Gasteiger partial charge on any atom is -0.352 e. The summed E-state index contributed by atoms with van der Waals surface area (Å²) in [4.78, 5) is 6.85. The summed E-state index contributed by atoms with van der Waals surface area (Å²) < 4.78 is 2.18. The highest BCUT2D eigenvalue weighted by Crippen LogP contribution is 2.10. The molecule has 0 amide bonds. The van der Waals surface area contributed by atoms with Gasteiger partial charge in [-0.25, -0.2) is 4.98 Å². The molecule has 0 aromatic carbocycles. The number of piperidine rings is 1. The zero-order chi connectivity index (χ0) is 11.9. The van der Waals surface area contributed by atoms with Crippen molar-refractivity contribution < 1.29 is 0 Å².